The average Bonchev–Trinajstić information content (AvgIpc) is 2.98. The van der Waals surface area contributed by atoms with E-state index in [9.17, 15) is 9.90 Å². The molecule has 98 valence electrons. The highest BCUT2D eigenvalue weighted by Crippen LogP contribution is 2.17. The Morgan fingerprint density at radius 1 is 1.15 bits per heavy atom. The Hall–Kier alpha value is -3.02. The number of benzene rings is 1. The van der Waals surface area contributed by atoms with E-state index in [0.717, 1.165) is 16.9 Å². The summed E-state index contributed by atoms with van der Waals surface area (Å²) in [5.41, 5.74) is 2.53. The Morgan fingerprint density at radius 3 is 2.60 bits per heavy atom. The molecule has 0 N–H and O–H groups in total. The van der Waals surface area contributed by atoms with E-state index in [1.807, 2.05) is 6.20 Å². The van der Waals surface area contributed by atoms with E-state index >= 15 is 0 Å². The van der Waals surface area contributed by atoms with Crippen LogP contribution in [0.4, 0.5) is 0 Å². The Kier molecular flexibility index (Phi) is 2.96. The van der Waals surface area contributed by atoms with Gasteiger partial charge < -0.3 is 9.90 Å². The molecule has 0 fully saturated rings. The Morgan fingerprint density at radius 2 is 1.95 bits per heavy atom. The fourth-order valence-electron chi connectivity index (χ4n) is 1.81. The minimum absolute atomic E-state index is 0.136. The highest BCUT2D eigenvalue weighted by atomic mass is 16.4. The van der Waals surface area contributed by atoms with Crippen LogP contribution in [0.25, 0.3) is 16.9 Å². The summed E-state index contributed by atoms with van der Waals surface area (Å²) in [6, 6.07) is 8.09. The zero-order chi connectivity index (χ0) is 13.9. The van der Waals surface area contributed by atoms with Gasteiger partial charge in [-0.25, -0.2) is 14.6 Å². The maximum Gasteiger partial charge on any atom is 0.116 e. The Labute approximate surface area is 114 Å². The van der Waals surface area contributed by atoms with E-state index < -0.39 is 5.97 Å². The third kappa shape index (κ3) is 2.26. The van der Waals surface area contributed by atoms with E-state index in [4.69, 9.17) is 0 Å². The van der Waals surface area contributed by atoms with Crippen molar-refractivity contribution in [1.82, 2.24) is 19.7 Å². The topological polar surface area (TPSA) is 83.7 Å². The first-order valence-corrected chi connectivity index (χ1v) is 5.87. The molecule has 3 aromatic rings. The average molecular weight is 265 g/mol. The van der Waals surface area contributed by atoms with Crippen molar-refractivity contribution in [2.45, 2.75) is 0 Å². The molecule has 0 unspecified atom stereocenters. The summed E-state index contributed by atoms with van der Waals surface area (Å²) >= 11 is 0. The van der Waals surface area contributed by atoms with Crippen molar-refractivity contribution in [2.24, 2.45) is 0 Å². The van der Waals surface area contributed by atoms with Crippen LogP contribution in [0.2, 0.25) is 0 Å². The molecule has 0 aliphatic carbocycles. The second-order valence-corrected chi connectivity index (χ2v) is 4.10. The van der Waals surface area contributed by atoms with Crippen molar-refractivity contribution in [3.63, 3.8) is 0 Å². The minimum Gasteiger partial charge on any atom is -0.545 e. The van der Waals surface area contributed by atoms with E-state index in [1.54, 1.807) is 35.3 Å². The number of carboxylic acids is 1. The summed E-state index contributed by atoms with van der Waals surface area (Å²) in [6.07, 6.45) is 6.64. The number of nitrogens with zero attached hydrogens (tertiary/aromatic N) is 4. The molecule has 6 nitrogen and oxygen atoms in total. The highest BCUT2D eigenvalue weighted by molar-refractivity contribution is 5.85. The van der Waals surface area contributed by atoms with Gasteiger partial charge in [-0.3, -0.25) is 0 Å². The normalized spacial score (nSPS) is 10.4. The molecule has 0 amide bonds. The number of rotatable bonds is 3. The molecule has 1 aromatic carbocycles. The molecule has 3 rings (SSSR count). The van der Waals surface area contributed by atoms with Gasteiger partial charge >= 0.3 is 0 Å². The third-order valence-corrected chi connectivity index (χ3v) is 2.83. The number of carboxylic acid groups (broad SMARTS) is 1. The first-order chi connectivity index (χ1) is 9.74. The largest absolute Gasteiger partial charge is 0.545 e. The molecule has 2 heterocycles. The van der Waals surface area contributed by atoms with Gasteiger partial charge in [0.1, 0.15) is 6.33 Å². The zero-order valence-corrected chi connectivity index (χ0v) is 10.3. The van der Waals surface area contributed by atoms with Crippen LogP contribution in [-0.4, -0.2) is 25.7 Å². The van der Waals surface area contributed by atoms with Crippen LogP contribution in [0, 0.1) is 0 Å². The van der Waals surface area contributed by atoms with Crippen molar-refractivity contribution in [1.29, 1.82) is 0 Å². The molecule has 0 saturated heterocycles. The first-order valence-electron chi connectivity index (χ1n) is 5.87. The highest BCUT2D eigenvalue weighted by Gasteiger charge is 2.04. The van der Waals surface area contributed by atoms with Crippen LogP contribution in [-0.2, 0) is 0 Å². The lowest BCUT2D eigenvalue weighted by atomic mass is 10.2. The van der Waals surface area contributed by atoms with Crippen LogP contribution >= 0.6 is 0 Å². The molecule has 0 bridgehead atoms. The quantitative estimate of drug-likeness (QED) is 0.695. The van der Waals surface area contributed by atoms with Gasteiger partial charge in [0, 0.05) is 18.0 Å². The molecule has 0 spiro atoms. The summed E-state index contributed by atoms with van der Waals surface area (Å²) in [5, 5.41) is 14.9. The predicted octanol–water partition coefficient (Wildman–Crippen LogP) is 0.693. The van der Waals surface area contributed by atoms with Crippen LogP contribution < -0.4 is 5.11 Å². The van der Waals surface area contributed by atoms with E-state index in [1.165, 1.54) is 18.5 Å². The summed E-state index contributed by atoms with van der Waals surface area (Å²) < 4.78 is 1.65. The number of carbonyl (C=O) groups excluding carboxylic acids is 1. The van der Waals surface area contributed by atoms with Gasteiger partial charge in [-0.2, -0.15) is 5.10 Å². The zero-order valence-electron chi connectivity index (χ0n) is 10.3. The summed E-state index contributed by atoms with van der Waals surface area (Å²) in [5.74, 6) is -1.20. The van der Waals surface area contributed by atoms with Crippen LogP contribution in [0.3, 0.4) is 0 Å². The first kappa shape index (κ1) is 12.0. The standard InChI is InChI=1S/C14H10N4O2/c19-14(20)10-1-3-12(4-2-10)18-8-11(7-17-18)13-5-6-15-9-16-13/h1-9H,(H,19,20)/p-1. The van der Waals surface area contributed by atoms with Crippen LogP contribution in [0.1, 0.15) is 10.4 Å². The summed E-state index contributed by atoms with van der Waals surface area (Å²) in [6.45, 7) is 0. The lowest BCUT2D eigenvalue weighted by molar-refractivity contribution is -0.255. The van der Waals surface area contributed by atoms with E-state index in [0.29, 0.717) is 0 Å². The van der Waals surface area contributed by atoms with E-state index in [2.05, 4.69) is 15.1 Å². The van der Waals surface area contributed by atoms with Gasteiger partial charge in [0.2, 0.25) is 0 Å². The number of carbonyl (C=O) groups is 1. The predicted molar refractivity (Wildman–Crippen MR) is 68.9 cm³/mol. The van der Waals surface area contributed by atoms with Crippen molar-refractivity contribution < 1.29 is 9.90 Å². The fourth-order valence-corrected chi connectivity index (χ4v) is 1.81. The molecule has 0 aliphatic heterocycles. The van der Waals surface area contributed by atoms with Gasteiger partial charge in [-0.05, 0) is 23.8 Å². The number of hydrogen-bond donors (Lipinski definition) is 0. The number of aromatic nitrogens is 4. The van der Waals surface area contributed by atoms with Crippen LogP contribution in [0.15, 0.2) is 55.2 Å². The maximum absolute atomic E-state index is 10.7. The molecule has 0 radical (unpaired) electrons. The fraction of sp³-hybridized carbons (Fsp3) is 0. The minimum atomic E-state index is -1.20. The summed E-state index contributed by atoms with van der Waals surface area (Å²) in [7, 11) is 0. The summed E-state index contributed by atoms with van der Waals surface area (Å²) in [4.78, 5) is 18.7. The molecular formula is C14H9N4O2-. The number of aromatic carboxylic acids is 1. The number of hydrogen-bond acceptors (Lipinski definition) is 5. The monoisotopic (exact) mass is 265 g/mol. The second kappa shape index (κ2) is 4.93. The molecule has 0 aliphatic rings. The Balaban J connectivity index is 1.92. The Bertz CT molecular complexity index is 735. The van der Waals surface area contributed by atoms with Crippen molar-refractivity contribution in [3.05, 3.63) is 60.8 Å². The van der Waals surface area contributed by atoms with Gasteiger partial charge in [0.05, 0.1) is 23.5 Å². The molecule has 6 heteroatoms. The van der Waals surface area contributed by atoms with Crippen molar-refractivity contribution in [2.75, 3.05) is 0 Å². The smallest absolute Gasteiger partial charge is 0.116 e. The van der Waals surface area contributed by atoms with Crippen molar-refractivity contribution in [3.8, 4) is 16.9 Å². The van der Waals surface area contributed by atoms with Gasteiger partial charge in [0.15, 0.2) is 0 Å². The molecule has 2 aromatic heterocycles. The molecule has 0 saturated carbocycles. The molecular weight excluding hydrogens is 256 g/mol. The SMILES string of the molecule is O=C([O-])c1ccc(-n2cc(-c3ccncn3)cn2)cc1. The van der Waals surface area contributed by atoms with Crippen LogP contribution in [0.5, 0.6) is 0 Å². The van der Waals surface area contributed by atoms with Gasteiger partial charge in [-0.1, -0.05) is 12.1 Å². The third-order valence-electron chi connectivity index (χ3n) is 2.83. The lowest BCUT2D eigenvalue weighted by Crippen LogP contribution is -2.22. The molecule has 20 heavy (non-hydrogen) atoms. The van der Waals surface area contributed by atoms with Gasteiger partial charge in [-0.15, -0.1) is 0 Å². The van der Waals surface area contributed by atoms with Gasteiger partial charge in [0.25, 0.3) is 0 Å². The lowest BCUT2D eigenvalue weighted by Gasteiger charge is -2.04. The molecule has 0 atom stereocenters. The maximum atomic E-state index is 10.7. The second-order valence-electron chi connectivity index (χ2n) is 4.10. The van der Waals surface area contributed by atoms with E-state index in [-0.39, 0.29) is 5.56 Å². The van der Waals surface area contributed by atoms with Crippen molar-refractivity contribution >= 4 is 5.97 Å².